The molecule has 0 aliphatic rings. The van der Waals surface area contributed by atoms with Crippen LogP contribution in [0.25, 0.3) is 21.8 Å². The fourth-order valence-corrected chi connectivity index (χ4v) is 3.96. The summed E-state index contributed by atoms with van der Waals surface area (Å²) in [5.41, 5.74) is 9.16. The van der Waals surface area contributed by atoms with Gasteiger partial charge in [0.2, 0.25) is 5.15 Å². The number of nitrogens with zero attached hydrogens (tertiary/aromatic N) is 3. The Kier molecular flexibility index (Phi) is 9.12. The summed E-state index contributed by atoms with van der Waals surface area (Å²) in [6, 6.07) is 15.1. The Morgan fingerprint density at radius 2 is 1.28 bits per heavy atom. The molecular weight excluding hydrogens is 499 g/mol. The minimum atomic E-state index is -0.496. The Bertz CT molecular complexity index is 1380. The van der Waals surface area contributed by atoms with E-state index in [9.17, 15) is 10.1 Å². The van der Waals surface area contributed by atoms with E-state index in [1.807, 2.05) is 50.2 Å². The minimum absolute atomic E-state index is 0.0880. The van der Waals surface area contributed by atoms with Crippen LogP contribution < -0.4 is 16.4 Å². The van der Waals surface area contributed by atoms with Crippen LogP contribution in [-0.4, -0.2) is 28.0 Å². The maximum atomic E-state index is 11.2. The Hall–Kier alpha value is -3.36. The van der Waals surface area contributed by atoms with Crippen LogP contribution in [0, 0.1) is 22.0 Å². The third kappa shape index (κ3) is 6.44. The average Bonchev–Trinajstić information content (AvgIpc) is 2.82. The lowest BCUT2D eigenvalue weighted by Crippen LogP contribution is -2.10. The number of pyridine rings is 2. The SMILES string of the molecule is CC(C)CNc1c(N)c(Cl)nc2ccccc12.CC(C)CNc1c([N+](=O)[O-])c(Cl)nc2ccccc12. The number of fused-ring (bicyclic) bond motifs is 2. The molecule has 2 aromatic carbocycles. The molecule has 4 N–H and O–H groups in total. The number of aromatic nitrogens is 2. The monoisotopic (exact) mass is 528 g/mol. The highest BCUT2D eigenvalue weighted by atomic mass is 35.5. The van der Waals surface area contributed by atoms with Gasteiger partial charge >= 0.3 is 5.69 Å². The van der Waals surface area contributed by atoms with Gasteiger partial charge in [-0.3, -0.25) is 10.1 Å². The van der Waals surface area contributed by atoms with Crippen molar-refractivity contribution >= 4 is 67.8 Å². The van der Waals surface area contributed by atoms with Gasteiger partial charge in [0, 0.05) is 23.9 Å². The lowest BCUT2D eigenvalue weighted by molar-refractivity contribution is -0.384. The molecule has 0 spiro atoms. The topological polar surface area (TPSA) is 119 Å². The quantitative estimate of drug-likeness (QED) is 0.130. The highest BCUT2D eigenvalue weighted by Gasteiger charge is 2.23. The van der Waals surface area contributed by atoms with Crippen LogP contribution in [0.3, 0.4) is 0 Å². The second-order valence-corrected chi connectivity index (χ2v) is 9.87. The van der Waals surface area contributed by atoms with E-state index in [1.165, 1.54) is 0 Å². The van der Waals surface area contributed by atoms with E-state index >= 15 is 0 Å². The van der Waals surface area contributed by atoms with Gasteiger partial charge in [0.25, 0.3) is 0 Å². The molecule has 2 heterocycles. The summed E-state index contributed by atoms with van der Waals surface area (Å²) in [5, 5.41) is 19.6. The van der Waals surface area contributed by atoms with Crippen molar-refractivity contribution < 1.29 is 4.92 Å². The molecule has 10 heteroatoms. The lowest BCUT2D eigenvalue weighted by atomic mass is 10.1. The fraction of sp³-hybridized carbons (Fsp3) is 0.308. The largest absolute Gasteiger partial charge is 0.395 e. The Labute approximate surface area is 220 Å². The molecule has 0 amide bonds. The number of halogens is 2. The van der Waals surface area contributed by atoms with Crippen LogP contribution in [0.1, 0.15) is 27.7 Å². The van der Waals surface area contributed by atoms with Crippen molar-refractivity contribution in [1.29, 1.82) is 0 Å². The van der Waals surface area contributed by atoms with Gasteiger partial charge < -0.3 is 16.4 Å². The van der Waals surface area contributed by atoms with Crippen molar-refractivity contribution in [2.45, 2.75) is 27.7 Å². The molecule has 0 aliphatic carbocycles. The summed E-state index contributed by atoms with van der Waals surface area (Å²) in [4.78, 5) is 19.0. The van der Waals surface area contributed by atoms with Gasteiger partial charge in [0.1, 0.15) is 5.69 Å². The zero-order valence-electron chi connectivity index (χ0n) is 20.7. The van der Waals surface area contributed by atoms with Gasteiger partial charge in [0.05, 0.1) is 27.3 Å². The zero-order chi connectivity index (χ0) is 26.4. The number of nitrogen functional groups attached to an aromatic ring is 1. The van der Waals surface area contributed by atoms with Crippen LogP contribution in [0.5, 0.6) is 0 Å². The second-order valence-electron chi connectivity index (χ2n) is 9.16. The first-order valence-corrected chi connectivity index (χ1v) is 12.4. The van der Waals surface area contributed by atoms with Gasteiger partial charge in [0.15, 0.2) is 5.15 Å². The first-order valence-electron chi connectivity index (χ1n) is 11.6. The lowest BCUT2D eigenvalue weighted by Gasteiger charge is -2.14. The molecule has 36 heavy (non-hydrogen) atoms. The summed E-state index contributed by atoms with van der Waals surface area (Å²) < 4.78 is 0. The van der Waals surface area contributed by atoms with Crippen LogP contribution in [-0.2, 0) is 0 Å². The van der Waals surface area contributed by atoms with E-state index in [1.54, 1.807) is 12.1 Å². The van der Waals surface area contributed by atoms with Crippen LogP contribution in [0.2, 0.25) is 10.3 Å². The van der Waals surface area contributed by atoms with Crippen molar-refractivity contribution in [1.82, 2.24) is 9.97 Å². The number of nitrogens with two attached hydrogens (primary N) is 1. The standard InChI is InChI=1S/C13H14ClN3O2.C13H16ClN3/c1-8(2)7-15-11-9-5-3-4-6-10(9)16-13(14)12(11)17(18)19;1-8(2)7-16-12-9-5-3-4-6-10(9)17-13(14)11(12)15/h3-6,8H,7H2,1-2H3,(H,15,16);3-6,8H,7,15H2,1-2H3,(H,16,17). The van der Waals surface area contributed by atoms with Crippen LogP contribution in [0.4, 0.5) is 22.7 Å². The van der Waals surface area contributed by atoms with Crippen molar-refractivity contribution in [3.8, 4) is 0 Å². The molecule has 0 fully saturated rings. The number of nitro groups is 1. The molecule has 0 bridgehead atoms. The zero-order valence-corrected chi connectivity index (χ0v) is 22.2. The Morgan fingerprint density at radius 1 is 0.833 bits per heavy atom. The third-order valence-electron chi connectivity index (χ3n) is 5.26. The molecule has 0 aliphatic heterocycles. The normalized spacial score (nSPS) is 11.0. The molecule has 2 aromatic heterocycles. The summed E-state index contributed by atoms with van der Waals surface area (Å²) in [7, 11) is 0. The number of anilines is 3. The fourth-order valence-electron chi connectivity index (χ4n) is 3.52. The second kappa shape index (κ2) is 12.1. The number of hydrogen-bond acceptors (Lipinski definition) is 7. The number of nitrogens with one attached hydrogen (secondary N) is 2. The van der Waals surface area contributed by atoms with Gasteiger partial charge in [-0.25, -0.2) is 9.97 Å². The maximum Gasteiger partial charge on any atom is 0.329 e. The molecule has 0 unspecified atom stereocenters. The van der Waals surface area contributed by atoms with Gasteiger partial charge in [-0.15, -0.1) is 0 Å². The number of hydrogen-bond donors (Lipinski definition) is 3. The van der Waals surface area contributed by atoms with E-state index in [0.717, 1.165) is 23.1 Å². The van der Waals surface area contributed by atoms with Crippen molar-refractivity contribution in [3.05, 3.63) is 69.0 Å². The first-order chi connectivity index (χ1) is 17.1. The molecule has 4 aromatic rings. The number of rotatable bonds is 7. The van der Waals surface area contributed by atoms with Crippen molar-refractivity contribution in [2.24, 2.45) is 11.8 Å². The van der Waals surface area contributed by atoms with Gasteiger partial charge in [-0.1, -0.05) is 87.3 Å². The molecule has 0 atom stereocenters. The summed E-state index contributed by atoms with van der Waals surface area (Å²) in [5.74, 6) is 0.908. The minimum Gasteiger partial charge on any atom is -0.395 e. The molecule has 0 radical (unpaired) electrons. The Morgan fingerprint density at radius 3 is 1.78 bits per heavy atom. The predicted molar refractivity (Wildman–Crippen MR) is 151 cm³/mol. The number of para-hydroxylation sites is 2. The molecule has 4 rings (SSSR count). The van der Waals surface area contributed by atoms with E-state index < -0.39 is 4.92 Å². The maximum absolute atomic E-state index is 11.2. The summed E-state index contributed by atoms with van der Waals surface area (Å²) in [6.45, 7) is 9.84. The van der Waals surface area contributed by atoms with Crippen molar-refractivity contribution in [2.75, 3.05) is 29.5 Å². The van der Waals surface area contributed by atoms with E-state index in [4.69, 9.17) is 28.9 Å². The van der Waals surface area contributed by atoms with Gasteiger partial charge in [-0.05, 0) is 24.0 Å². The van der Waals surface area contributed by atoms with Crippen LogP contribution >= 0.6 is 23.2 Å². The third-order valence-corrected chi connectivity index (χ3v) is 5.82. The van der Waals surface area contributed by atoms with E-state index in [2.05, 4.69) is 34.4 Å². The molecule has 0 saturated heterocycles. The number of benzene rings is 2. The smallest absolute Gasteiger partial charge is 0.329 e. The summed E-state index contributed by atoms with van der Waals surface area (Å²) in [6.07, 6.45) is 0. The molecule has 190 valence electrons. The van der Waals surface area contributed by atoms with E-state index in [0.29, 0.717) is 45.8 Å². The van der Waals surface area contributed by atoms with Gasteiger partial charge in [-0.2, -0.15) is 0 Å². The molecular formula is C26H30Cl2N6O2. The molecule has 0 saturated carbocycles. The highest BCUT2D eigenvalue weighted by Crippen LogP contribution is 2.37. The van der Waals surface area contributed by atoms with Crippen LogP contribution in [0.15, 0.2) is 48.5 Å². The summed E-state index contributed by atoms with van der Waals surface area (Å²) >= 11 is 12.0. The average molecular weight is 529 g/mol. The first kappa shape index (κ1) is 27.2. The highest BCUT2D eigenvalue weighted by molar-refractivity contribution is 6.33. The Balaban J connectivity index is 0.000000202. The van der Waals surface area contributed by atoms with Crippen molar-refractivity contribution in [3.63, 3.8) is 0 Å². The predicted octanol–water partition coefficient (Wildman–Crippen LogP) is 7.40. The van der Waals surface area contributed by atoms with E-state index in [-0.39, 0.29) is 10.8 Å². The molecule has 8 nitrogen and oxygen atoms in total.